The van der Waals surface area contributed by atoms with E-state index < -0.39 is 0 Å². The van der Waals surface area contributed by atoms with E-state index in [9.17, 15) is 4.39 Å². The summed E-state index contributed by atoms with van der Waals surface area (Å²) in [5.74, 6) is -0.162. The van der Waals surface area contributed by atoms with Crippen molar-refractivity contribution in [1.82, 2.24) is 5.32 Å². The summed E-state index contributed by atoms with van der Waals surface area (Å²) in [6.07, 6.45) is 0. The van der Waals surface area contributed by atoms with Gasteiger partial charge in [0.1, 0.15) is 5.82 Å². The Morgan fingerprint density at radius 1 is 1.21 bits per heavy atom. The van der Waals surface area contributed by atoms with E-state index in [-0.39, 0.29) is 11.9 Å². The minimum Gasteiger partial charge on any atom is -0.306 e. The van der Waals surface area contributed by atoms with Gasteiger partial charge in [0.25, 0.3) is 0 Å². The molecular weight excluding hydrogens is 305 g/mol. The van der Waals surface area contributed by atoms with Crippen LogP contribution in [-0.4, -0.2) is 0 Å². The van der Waals surface area contributed by atoms with Gasteiger partial charge in [0.2, 0.25) is 0 Å². The molecule has 1 N–H and O–H groups in total. The number of rotatable bonds is 4. The molecule has 2 aromatic rings. The van der Waals surface area contributed by atoms with Gasteiger partial charge in [-0.25, -0.2) is 4.39 Å². The Morgan fingerprint density at radius 3 is 2.63 bits per heavy atom. The zero-order valence-corrected chi connectivity index (χ0v) is 12.7. The van der Waals surface area contributed by atoms with Gasteiger partial charge in [0.05, 0.1) is 0 Å². The Labute approximate surface area is 122 Å². The number of hydrogen-bond acceptors (Lipinski definition) is 1. The molecule has 1 nitrogen and oxygen atoms in total. The van der Waals surface area contributed by atoms with E-state index in [1.807, 2.05) is 19.1 Å². The molecule has 0 aliphatic rings. The average Bonchev–Trinajstić information content (AvgIpc) is 2.38. The zero-order valence-electron chi connectivity index (χ0n) is 11.1. The van der Waals surface area contributed by atoms with Crippen LogP contribution in [0.5, 0.6) is 0 Å². The second-order valence-corrected chi connectivity index (χ2v) is 5.57. The lowest BCUT2D eigenvalue weighted by Crippen LogP contribution is -2.19. The molecule has 2 aromatic carbocycles. The second-order valence-electron chi connectivity index (χ2n) is 4.72. The minimum absolute atomic E-state index is 0.0191. The summed E-state index contributed by atoms with van der Waals surface area (Å²) in [7, 11) is 0. The van der Waals surface area contributed by atoms with E-state index in [2.05, 4.69) is 46.4 Å². The SMILES string of the molecule is Cc1ccc(CN[C@H](C)c2ccccc2F)c(Br)c1. The van der Waals surface area contributed by atoms with Gasteiger partial charge in [-0.15, -0.1) is 0 Å². The highest BCUT2D eigenvalue weighted by Gasteiger charge is 2.10. The molecule has 0 heterocycles. The smallest absolute Gasteiger partial charge is 0.127 e. The molecule has 100 valence electrons. The van der Waals surface area contributed by atoms with Crippen LogP contribution in [0.2, 0.25) is 0 Å². The van der Waals surface area contributed by atoms with Gasteiger partial charge in [-0.1, -0.05) is 46.3 Å². The van der Waals surface area contributed by atoms with Crippen molar-refractivity contribution in [2.45, 2.75) is 26.4 Å². The highest BCUT2D eigenvalue weighted by Crippen LogP contribution is 2.20. The van der Waals surface area contributed by atoms with Gasteiger partial charge < -0.3 is 5.32 Å². The number of nitrogens with one attached hydrogen (secondary N) is 1. The molecule has 0 aliphatic carbocycles. The van der Waals surface area contributed by atoms with E-state index in [1.165, 1.54) is 17.2 Å². The highest BCUT2D eigenvalue weighted by molar-refractivity contribution is 9.10. The number of benzene rings is 2. The molecule has 3 heteroatoms. The van der Waals surface area contributed by atoms with Crippen LogP contribution in [0, 0.1) is 12.7 Å². The van der Waals surface area contributed by atoms with Crippen LogP contribution in [0.15, 0.2) is 46.9 Å². The first kappa shape index (κ1) is 14.2. The summed E-state index contributed by atoms with van der Waals surface area (Å²) in [5.41, 5.74) is 3.09. The first-order chi connectivity index (χ1) is 9.08. The maximum absolute atomic E-state index is 13.6. The van der Waals surface area contributed by atoms with Gasteiger partial charge in [-0.3, -0.25) is 0 Å². The fourth-order valence-corrected chi connectivity index (χ4v) is 2.63. The van der Waals surface area contributed by atoms with Crippen molar-refractivity contribution in [3.05, 3.63) is 69.4 Å². The summed E-state index contributed by atoms with van der Waals surface area (Å²) in [5, 5.41) is 3.35. The van der Waals surface area contributed by atoms with Gasteiger partial charge in [-0.2, -0.15) is 0 Å². The lowest BCUT2D eigenvalue weighted by Gasteiger charge is -2.16. The second kappa shape index (κ2) is 6.31. The first-order valence-electron chi connectivity index (χ1n) is 6.31. The third-order valence-electron chi connectivity index (χ3n) is 3.18. The molecule has 0 radical (unpaired) electrons. The molecule has 0 amide bonds. The van der Waals surface area contributed by atoms with Crippen molar-refractivity contribution in [3.63, 3.8) is 0 Å². The average molecular weight is 322 g/mol. The molecular formula is C16H17BrFN. The Kier molecular flexibility index (Phi) is 4.72. The van der Waals surface area contributed by atoms with Crippen molar-refractivity contribution in [2.24, 2.45) is 0 Å². The van der Waals surface area contributed by atoms with Gasteiger partial charge in [0, 0.05) is 22.6 Å². The van der Waals surface area contributed by atoms with Crippen molar-refractivity contribution in [1.29, 1.82) is 0 Å². The lowest BCUT2D eigenvalue weighted by atomic mass is 10.1. The molecule has 1 atom stereocenters. The van der Waals surface area contributed by atoms with Crippen LogP contribution >= 0.6 is 15.9 Å². The van der Waals surface area contributed by atoms with E-state index in [4.69, 9.17) is 0 Å². The fraction of sp³-hybridized carbons (Fsp3) is 0.250. The lowest BCUT2D eigenvalue weighted by molar-refractivity contribution is 0.528. The summed E-state index contributed by atoms with van der Waals surface area (Å²) in [4.78, 5) is 0. The topological polar surface area (TPSA) is 12.0 Å². The van der Waals surface area contributed by atoms with Crippen molar-refractivity contribution in [3.8, 4) is 0 Å². The number of aryl methyl sites for hydroxylation is 1. The third-order valence-corrected chi connectivity index (χ3v) is 3.92. The Morgan fingerprint density at radius 2 is 1.95 bits per heavy atom. The molecule has 0 spiro atoms. The van der Waals surface area contributed by atoms with Crippen LogP contribution in [-0.2, 0) is 6.54 Å². The van der Waals surface area contributed by atoms with E-state index in [0.29, 0.717) is 12.1 Å². The van der Waals surface area contributed by atoms with Crippen LogP contribution in [0.25, 0.3) is 0 Å². The molecule has 0 fully saturated rings. The molecule has 0 saturated heterocycles. The number of halogens is 2. The summed E-state index contributed by atoms with van der Waals surface area (Å²) in [6.45, 7) is 4.74. The quantitative estimate of drug-likeness (QED) is 0.857. The van der Waals surface area contributed by atoms with Crippen molar-refractivity contribution in [2.75, 3.05) is 0 Å². The summed E-state index contributed by atoms with van der Waals surface area (Å²) in [6, 6.07) is 13.1. The van der Waals surface area contributed by atoms with Crippen molar-refractivity contribution >= 4 is 15.9 Å². The zero-order chi connectivity index (χ0) is 13.8. The van der Waals surface area contributed by atoms with Gasteiger partial charge in [0.15, 0.2) is 0 Å². The predicted octanol–water partition coefficient (Wildman–Crippen LogP) is 4.75. The van der Waals surface area contributed by atoms with Crippen molar-refractivity contribution < 1.29 is 4.39 Å². The largest absolute Gasteiger partial charge is 0.306 e. The molecule has 0 aromatic heterocycles. The predicted molar refractivity (Wildman–Crippen MR) is 80.5 cm³/mol. The Hall–Kier alpha value is -1.19. The standard InChI is InChI=1S/C16H17BrFN/c1-11-7-8-13(15(17)9-11)10-19-12(2)14-5-3-4-6-16(14)18/h3-9,12,19H,10H2,1-2H3/t12-/m1/s1. The maximum atomic E-state index is 13.6. The minimum atomic E-state index is -0.162. The molecule has 19 heavy (non-hydrogen) atoms. The molecule has 0 bridgehead atoms. The molecule has 2 rings (SSSR count). The fourth-order valence-electron chi connectivity index (χ4n) is 1.99. The van der Waals surface area contributed by atoms with Crippen LogP contribution < -0.4 is 5.32 Å². The number of hydrogen-bond donors (Lipinski definition) is 1. The Balaban J connectivity index is 2.04. The summed E-state index contributed by atoms with van der Waals surface area (Å²) < 4.78 is 14.7. The Bertz CT molecular complexity index is 568. The van der Waals surface area contributed by atoms with Crippen LogP contribution in [0.3, 0.4) is 0 Å². The van der Waals surface area contributed by atoms with E-state index in [0.717, 1.165) is 4.47 Å². The molecule has 0 saturated carbocycles. The summed E-state index contributed by atoms with van der Waals surface area (Å²) >= 11 is 3.55. The van der Waals surface area contributed by atoms with E-state index in [1.54, 1.807) is 6.07 Å². The van der Waals surface area contributed by atoms with Crippen LogP contribution in [0.4, 0.5) is 4.39 Å². The normalized spacial score (nSPS) is 12.4. The van der Waals surface area contributed by atoms with E-state index >= 15 is 0 Å². The monoisotopic (exact) mass is 321 g/mol. The maximum Gasteiger partial charge on any atom is 0.127 e. The molecule has 0 unspecified atom stereocenters. The molecule has 0 aliphatic heterocycles. The highest BCUT2D eigenvalue weighted by atomic mass is 79.9. The van der Waals surface area contributed by atoms with Crippen LogP contribution in [0.1, 0.15) is 29.7 Å². The van der Waals surface area contributed by atoms with Gasteiger partial charge >= 0.3 is 0 Å². The first-order valence-corrected chi connectivity index (χ1v) is 7.10. The van der Waals surface area contributed by atoms with Gasteiger partial charge in [-0.05, 0) is 37.1 Å². The third kappa shape index (κ3) is 3.64.